The van der Waals surface area contributed by atoms with Crippen molar-refractivity contribution >= 4 is 10.8 Å². The molecule has 1 aromatic heterocycles. The Morgan fingerprint density at radius 1 is 1.56 bits per heavy atom. The van der Waals surface area contributed by atoms with Gasteiger partial charge in [0.15, 0.2) is 0 Å². The maximum absolute atomic E-state index is 11.3. The van der Waals surface area contributed by atoms with E-state index < -0.39 is 10.8 Å². The normalized spacial score (nSPS) is 14.9. The minimum atomic E-state index is -0.680. The van der Waals surface area contributed by atoms with E-state index in [1.165, 1.54) is 5.56 Å². The van der Waals surface area contributed by atoms with Crippen LogP contribution >= 0.6 is 0 Å². The number of aromatic nitrogens is 2. The molecule has 1 heterocycles. The maximum atomic E-state index is 11.3. The number of nitrogens with one attached hydrogen (secondary N) is 1. The Hall–Kier alpha value is -0.680. The zero-order valence-electron chi connectivity index (χ0n) is 10.3. The van der Waals surface area contributed by atoms with E-state index in [1.54, 1.807) is 0 Å². The molecule has 1 aromatic rings. The highest BCUT2D eigenvalue weighted by Crippen LogP contribution is 2.14. The lowest BCUT2D eigenvalue weighted by Gasteiger charge is -2.14. The van der Waals surface area contributed by atoms with Gasteiger partial charge in [0.05, 0.1) is 6.20 Å². The molecular formula is C11H21N3OS. The summed E-state index contributed by atoms with van der Waals surface area (Å²) in [5.74, 6) is 1.47. The van der Waals surface area contributed by atoms with Crippen molar-refractivity contribution in [3.63, 3.8) is 0 Å². The third kappa shape index (κ3) is 4.06. The number of hydrogen-bond acceptors (Lipinski definition) is 3. The lowest BCUT2D eigenvalue weighted by atomic mass is 10.1. The van der Waals surface area contributed by atoms with E-state index in [-0.39, 0.29) is 0 Å². The van der Waals surface area contributed by atoms with E-state index in [2.05, 4.69) is 17.3 Å². The predicted octanol–water partition coefficient (Wildman–Crippen LogP) is 1.23. The Balaban J connectivity index is 2.41. The number of hydrogen-bond donors (Lipinski definition) is 1. The average Bonchev–Trinajstić information content (AvgIpc) is 2.70. The van der Waals surface area contributed by atoms with Gasteiger partial charge >= 0.3 is 0 Å². The molecule has 0 radical (unpaired) electrons. The quantitative estimate of drug-likeness (QED) is 0.783. The minimum absolute atomic E-state index is 0.322. The van der Waals surface area contributed by atoms with Crippen LogP contribution in [0.15, 0.2) is 12.4 Å². The summed E-state index contributed by atoms with van der Waals surface area (Å²) in [6.07, 6.45) is 4.93. The summed E-state index contributed by atoms with van der Waals surface area (Å²) >= 11 is 0. The van der Waals surface area contributed by atoms with Crippen LogP contribution in [0.4, 0.5) is 0 Å². The Morgan fingerprint density at radius 3 is 2.81 bits per heavy atom. The highest BCUT2D eigenvalue weighted by atomic mass is 32.2. The van der Waals surface area contributed by atoms with E-state index in [4.69, 9.17) is 0 Å². The fourth-order valence-electron chi connectivity index (χ4n) is 1.61. The average molecular weight is 243 g/mol. The van der Waals surface area contributed by atoms with Gasteiger partial charge in [0.1, 0.15) is 0 Å². The molecule has 0 bridgehead atoms. The van der Waals surface area contributed by atoms with Gasteiger partial charge < -0.3 is 5.32 Å². The second-order valence-electron chi connectivity index (χ2n) is 3.79. The van der Waals surface area contributed by atoms with Gasteiger partial charge in [-0.25, -0.2) is 0 Å². The smallest absolute Gasteiger partial charge is 0.0537 e. The lowest BCUT2D eigenvalue weighted by Crippen LogP contribution is -2.25. The molecule has 0 fully saturated rings. The fraction of sp³-hybridized carbons (Fsp3) is 0.727. The Bertz CT molecular complexity index is 338. The molecule has 0 saturated carbocycles. The van der Waals surface area contributed by atoms with Gasteiger partial charge in [-0.2, -0.15) is 5.10 Å². The van der Waals surface area contributed by atoms with Crippen LogP contribution in [0.5, 0.6) is 0 Å². The number of rotatable bonds is 7. The van der Waals surface area contributed by atoms with Crippen LogP contribution in [0.3, 0.4) is 0 Å². The minimum Gasteiger partial charge on any atom is -0.309 e. The summed E-state index contributed by atoms with van der Waals surface area (Å²) in [6, 6.07) is 0.322. The second-order valence-corrected chi connectivity index (χ2v) is 5.66. The molecule has 1 N–H and O–H groups in total. The van der Waals surface area contributed by atoms with Gasteiger partial charge in [0.2, 0.25) is 0 Å². The second kappa shape index (κ2) is 6.81. The molecule has 0 aliphatic carbocycles. The van der Waals surface area contributed by atoms with Gasteiger partial charge in [-0.15, -0.1) is 0 Å². The first-order chi connectivity index (χ1) is 7.67. The Labute approximate surface area is 99.9 Å². The van der Waals surface area contributed by atoms with E-state index in [9.17, 15) is 4.21 Å². The summed E-state index contributed by atoms with van der Waals surface area (Å²) in [5.41, 5.74) is 1.20. The standard InChI is InChI=1S/C11H21N3OS/c1-4-11(10-8-13-14(3)9-10)12-6-7-16(15)5-2/h8-9,11-12H,4-7H2,1-3H3. The van der Waals surface area contributed by atoms with E-state index in [1.807, 2.05) is 31.0 Å². The van der Waals surface area contributed by atoms with Crippen molar-refractivity contribution in [3.05, 3.63) is 18.0 Å². The molecule has 92 valence electrons. The van der Waals surface area contributed by atoms with Crippen molar-refractivity contribution in [3.8, 4) is 0 Å². The SMILES string of the molecule is CCC(NCCS(=O)CC)c1cnn(C)c1. The first-order valence-corrected chi connectivity index (χ1v) is 7.23. The van der Waals surface area contributed by atoms with E-state index >= 15 is 0 Å². The van der Waals surface area contributed by atoms with Crippen molar-refractivity contribution in [2.24, 2.45) is 7.05 Å². The molecule has 1 rings (SSSR count). The highest BCUT2D eigenvalue weighted by Gasteiger charge is 2.10. The van der Waals surface area contributed by atoms with Crippen LogP contribution in [-0.4, -0.2) is 32.0 Å². The zero-order valence-corrected chi connectivity index (χ0v) is 11.1. The molecular weight excluding hydrogens is 222 g/mol. The summed E-state index contributed by atoms with van der Waals surface area (Å²) in [7, 11) is 1.24. The maximum Gasteiger partial charge on any atom is 0.0537 e. The fourth-order valence-corrected chi connectivity index (χ4v) is 2.24. The molecule has 2 unspecified atom stereocenters. The molecule has 0 spiro atoms. The van der Waals surface area contributed by atoms with Crippen LogP contribution in [0.25, 0.3) is 0 Å². The van der Waals surface area contributed by atoms with Crippen LogP contribution in [-0.2, 0) is 17.8 Å². The summed E-state index contributed by atoms with van der Waals surface area (Å²) < 4.78 is 13.1. The monoisotopic (exact) mass is 243 g/mol. The zero-order chi connectivity index (χ0) is 12.0. The first-order valence-electron chi connectivity index (χ1n) is 5.74. The largest absolute Gasteiger partial charge is 0.309 e. The highest BCUT2D eigenvalue weighted by molar-refractivity contribution is 7.84. The van der Waals surface area contributed by atoms with Gasteiger partial charge in [0.25, 0.3) is 0 Å². The Morgan fingerprint density at radius 2 is 2.31 bits per heavy atom. The molecule has 0 aliphatic rings. The van der Waals surface area contributed by atoms with Gasteiger partial charge in [-0.05, 0) is 6.42 Å². The van der Waals surface area contributed by atoms with E-state index in [0.717, 1.165) is 24.5 Å². The van der Waals surface area contributed by atoms with Gasteiger partial charge in [-0.3, -0.25) is 8.89 Å². The predicted molar refractivity (Wildman–Crippen MR) is 67.8 cm³/mol. The molecule has 0 saturated heterocycles. The molecule has 4 nitrogen and oxygen atoms in total. The van der Waals surface area contributed by atoms with Crippen LogP contribution in [0, 0.1) is 0 Å². The molecule has 0 aliphatic heterocycles. The summed E-state index contributed by atoms with van der Waals surface area (Å²) in [6.45, 7) is 4.89. The molecule has 0 aromatic carbocycles. The molecule has 5 heteroatoms. The first kappa shape index (κ1) is 13.4. The number of nitrogens with zero attached hydrogens (tertiary/aromatic N) is 2. The van der Waals surface area contributed by atoms with Crippen LogP contribution in [0.2, 0.25) is 0 Å². The van der Waals surface area contributed by atoms with Gasteiger partial charge in [-0.1, -0.05) is 13.8 Å². The van der Waals surface area contributed by atoms with E-state index in [0.29, 0.717) is 6.04 Å². The molecule has 0 amide bonds. The van der Waals surface area contributed by atoms with Crippen molar-refractivity contribution in [1.29, 1.82) is 0 Å². The van der Waals surface area contributed by atoms with Crippen molar-refractivity contribution in [2.75, 3.05) is 18.1 Å². The topological polar surface area (TPSA) is 46.9 Å². The lowest BCUT2D eigenvalue weighted by molar-refractivity contribution is 0.537. The third-order valence-electron chi connectivity index (χ3n) is 2.58. The van der Waals surface area contributed by atoms with Crippen molar-refractivity contribution < 1.29 is 4.21 Å². The van der Waals surface area contributed by atoms with Crippen LogP contribution < -0.4 is 5.32 Å². The van der Waals surface area contributed by atoms with Crippen molar-refractivity contribution in [1.82, 2.24) is 15.1 Å². The third-order valence-corrected chi connectivity index (χ3v) is 3.88. The number of aryl methyl sites for hydroxylation is 1. The summed E-state index contributed by atoms with van der Waals surface area (Å²) in [5, 5.41) is 7.58. The van der Waals surface area contributed by atoms with Gasteiger partial charge in [0, 0.05) is 53.7 Å². The Kier molecular flexibility index (Phi) is 5.69. The molecule has 16 heavy (non-hydrogen) atoms. The van der Waals surface area contributed by atoms with Crippen LogP contribution in [0.1, 0.15) is 31.9 Å². The molecule has 2 atom stereocenters. The summed E-state index contributed by atoms with van der Waals surface area (Å²) in [4.78, 5) is 0. The van der Waals surface area contributed by atoms with Crippen molar-refractivity contribution in [2.45, 2.75) is 26.3 Å².